The van der Waals surface area contributed by atoms with E-state index >= 15 is 0 Å². The summed E-state index contributed by atoms with van der Waals surface area (Å²) in [6.07, 6.45) is -1.23. The molecule has 1 aromatic carbocycles. The molecule has 2 fully saturated rings. The first kappa shape index (κ1) is 14.9. The van der Waals surface area contributed by atoms with Gasteiger partial charge in [-0.25, -0.2) is 10.2 Å². The second kappa shape index (κ2) is 5.77. The number of nitrogens with one attached hydrogen (secondary N) is 1. The number of fused-ring (bicyclic) bond motifs is 4. The number of hydrogen-bond donors (Lipinski definition) is 2. The number of oxime groups is 1. The first-order chi connectivity index (χ1) is 11.7. The molecule has 2 saturated heterocycles. The van der Waals surface area contributed by atoms with Crippen molar-refractivity contribution in [2.45, 2.75) is 18.5 Å². The molecule has 9 heteroatoms. The fourth-order valence-corrected chi connectivity index (χ4v) is 3.11. The summed E-state index contributed by atoms with van der Waals surface area (Å²) in [5, 5.41) is 8.29. The van der Waals surface area contributed by atoms with Crippen molar-refractivity contribution in [3.63, 3.8) is 0 Å². The Morgan fingerprint density at radius 2 is 2.21 bits per heavy atom. The number of carbonyl (C=O) groups excluding carboxylic acids is 1. The van der Waals surface area contributed by atoms with E-state index in [4.69, 9.17) is 24.8 Å². The molecule has 0 spiro atoms. The summed E-state index contributed by atoms with van der Waals surface area (Å²) < 4.78 is 16.5. The highest BCUT2D eigenvalue weighted by Crippen LogP contribution is 2.38. The van der Waals surface area contributed by atoms with E-state index in [1.807, 2.05) is 24.3 Å². The molecular weight excluding hydrogens is 316 g/mol. The molecule has 1 aromatic rings. The van der Waals surface area contributed by atoms with Crippen molar-refractivity contribution >= 4 is 17.5 Å². The molecule has 3 N–H and O–H groups in total. The Hall–Kier alpha value is -2.65. The van der Waals surface area contributed by atoms with Crippen LogP contribution in [-0.4, -0.2) is 49.7 Å². The molecule has 3 aliphatic rings. The molecule has 24 heavy (non-hydrogen) atoms. The van der Waals surface area contributed by atoms with Gasteiger partial charge in [0.1, 0.15) is 17.6 Å². The van der Waals surface area contributed by atoms with Crippen LogP contribution in [0.25, 0.3) is 0 Å². The van der Waals surface area contributed by atoms with Crippen LogP contribution in [0.15, 0.2) is 34.5 Å². The first-order valence-corrected chi connectivity index (χ1v) is 7.45. The second-order valence-corrected chi connectivity index (χ2v) is 5.61. The number of rotatable bonds is 3. The maximum atomic E-state index is 11.0. The molecule has 2 bridgehead atoms. The quantitative estimate of drug-likeness (QED) is 0.767. The van der Waals surface area contributed by atoms with Gasteiger partial charge in [-0.3, -0.25) is 0 Å². The van der Waals surface area contributed by atoms with Crippen molar-refractivity contribution in [3.05, 3.63) is 29.8 Å². The number of benzene rings is 1. The summed E-state index contributed by atoms with van der Waals surface area (Å²) in [5.74, 6) is 0.464. The third-order valence-corrected chi connectivity index (χ3v) is 4.21. The molecule has 0 aliphatic carbocycles. The number of nitrogens with zero attached hydrogens (tertiary/aromatic N) is 2. The first-order valence-electron chi connectivity index (χ1n) is 7.45. The fourth-order valence-electron chi connectivity index (χ4n) is 3.11. The number of primary amides is 1. The summed E-state index contributed by atoms with van der Waals surface area (Å²) in [6, 6.07) is 6.70. The van der Waals surface area contributed by atoms with Crippen LogP contribution in [0.3, 0.4) is 0 Å². The molecule has 4 atom stereocenters. The third kappa shape index (κ3) is 2.38. The average molecular weight is 332 g/mol. The molecule has 9 nitrogen and oxygen atoms in total. The number of nitrogens with two attached hydrogens (primary N) is 1. The number of hydrazone groups is 1. The van der Waals surface area contributed by atoms with Gasteiger partial charge in [0.05, 0.1) is 25.3 Å². The monoisotopic (exact) mass is 332 g/mol. The lowest BCUT2D eigenvalue weighted by Gasteiger charge is -2.29. The minimum Gasteiger partial charge on any atom is -0.497 e. The van der Waals surface area contributed by atoms with Crippen molar-refractivity contribution in [2.75, 3.05) is 13.7 Å². The summed E-state index contributed by atoms with van der Waals surface area (Å²) >= 11 is 0. The predicted octanol–water partition coefficient (Wildman–Crippen LogP) is 0.194. The van der Waals surface area contributed by atoms with Gasteiger partial charge in [-0.05, 0) is 24.3 Å². The number of urea groups is 1. The number of amides is 2. The van der Waals surface area contributed by atoms with Gasteiger partial charge in [-0.15, -0.1) is 0 Å². The molecule has 2 amide bonds. The van der Waals surface area contributed by atoms with Gasteiger partial charge >= 0.3 is 6.03 Å². The number of methoxy groups -OCH3 is 1. The molecule has 3 heterocycles. The lowest BCUT2D eigenvalue weighted by Crippen LogP contribution is -2.49. The van der Waals surface area contributed by atoms with E-state index in [2.05, 4.69) is 15.7 Å². The maximum absolute atomic E-state index is 11.0. The SMILES string of the molecule is COc1ccc(C2=NOC3C4COC(O4)C(=NNC(N)=O)C23)cc1. The summed E-state index contributed by atoms with van der Waals surface area (Å²) in [6.45, 7) is 0.382. The number of ether oxygens (including phenoxy) is 3. The molecule has 0 radical (unpaired) electrons. The third-order valence-electron chi connectivity index (χ3n) is 4.21. The zero-order valence-electron chi connectivity index (χ0n) is 12.8. The van der Waals surface area contributed by atoms with E-state index in [0.29, 0.717) is 18.0 Å². The van der Waals surface area contributed by atoms with Crippen LogP contribution in [0.2, 0.25) is 0 Å². The van der Waals surface area contributed by atoms with Crippen LogP contribution in [0.1, 0.15) is 5.56 Å². The molecule has 126 valence electrons. The van der Waals surface area contributed by atoms with Crippen molar-refractivity contribution in [1.29, 1.82) is 0 Å². The minimum absolute atomic E-state index is 0.230. The maximum Gasteiger partial charge on any atom is 0.332 e. The van der Waals surface area contributed by atoms with Gasteiger partial charge in [-0.2, -0.15) is 5.10 Å². The Labute approximate surface area is 137 Å². The van der Waals surface area contributed by atoms with Crippen LogP contribution in [0.5, 0.6) is 5.75 Å². The molecule has 4 rings (SSSR count). The second-order valence-electron chi connectivity index (χ2n) is 5.61. The lowest BCUT2D eigenvalue weighted by molar-refractivity contribution is -0.0812. The van der Waals surface area contributed by atoms with Crippen LogP contribution in [-0.2, 0) is 14.3 Å². The Kier molecular flexibility index (Phi) is 3.58. The Balaban J connectivity index is 1.69. The van der Waals surface area contributed by atoms with Crippen molar-refractivity contribution in [2.24, 2.45) is 21.9 Å². The van der Waals surface area contributed by atoms with Gasteiger partial charge in [0.25, 0.3) is 0 Å². The van der Waals surface area contributed by atoms with Gasteiger partial charge in [0.2, 0.25) is 0 Å². The van der Waals surface area contributed by atoms with E-state index in [1.165, 1.54) is 0 Å². The highest BCUT2D eigenvalue weighted by Gasteiger charge is 2.55. The lowest BCUT2D eigenvalue weighted by atomic mass is 9.84. The number of carbonyl (C=O) groups is 1. The predicted molar refractivity (Wildman–Crippen MR) is 82.7 cm³/mol. The highest BCUT2D eigenvalue weighted by atomic mass is 16.7. The normalized spacial score (nSPS) is 32.0. The van der Waals surface area contributed by atoms with Gasteiger partial charge in [0.15, 0.2) is 12.4 Å². The van der Waals surface area contributed by atoms with E-state index in [9.17, 15) is 4.79 Å². The molecule has 4 unspecified atom stereocenters. The fraction of sp³-hybridized carbons (Fsp3) is 0.400. The van der Waals surface area contributed by atoms with Gasteiger partial charge < -0.3 is 24.8 Å². The Bertz CT molecular complexity index is 717. The topological polar surface area (TPSA) is 117 Å². The van der Waals surface area contributed by atoms with Crippen LogP contribution >= 0.6 is 0 Å². The standard InChI is InChI=1S/C15H16N4O5/c1-21-8-4-2-7(3-5-8)11-10-12(17-18-15(16)20)14-22-6-9(23-14)13(10)24-19-11/h2-5,9-10,13-14H,6H2,1H3,(H3,16,18,20). The smallest absolute Gasteiger partial charge is 0.332 e. The molecular formula is C15H16N4O5. The van der Waals surface area contributed by atoms with Crippen LogP contribution in [0.4, 0.5) is 4.79 Å². The van der Waals surface area contributed by atoms with E-state index in [0.717, 1.165) is 11.3 Å². The Morgan fingerprint density at radius 3 is 2.92 bits per heavy atom. The van der Waals surface area contributed by atoms with Gasteiger partial charge in [-0.1, -0.05) is 5.16 Å². The van der Waals surface area contributed by atoms with Crippen molar-refractivity contribution in [1.82, 2.24) is 5.43 Å². The molecule has 3 aliphatic heterocycles. The zero-order valence-corrected chi connectivity index (χ0v) is 12.8. The highest BCUT2D eigenvalue weighted by molar-refractivity contribution is 6.17. The van der Waals surface area contributed by atoms with E-state index in [-0.39, 0.29) is 18.1 Å². The summed E-state index contributed by atoms with van der Waals surface area (Å²) in [5.41, 5.74) is 9.41. The zero-order chi connectivity index (χ0) is 16.7. The Morgan fingerprint density at radius 1 is 1.42 bits per heavy atom. The van der Waals surface area contributed by atoms with E-state index < -0.39 is 12.3 Å². The summed E-state index contributed by atoms with van der Waals surface area (Å²) in [4.78, 5) is 16.6. The van der Waals surface area contributed by atoms with Crippen LogP contribution < -0.4 is 15.9 Å². The molecule has 0 aromatic heterocycles. The van der Waals surface area contributed by atoms with Crippen molar-refractivity contribution in [3.8, 4) is 5.75 Å². The average Bonchev–Trinajstić information content (AvgIpc) is 3.21. The largest absolute Gasteiger partial charge is 0.497 e. The molecule has 0 saturated carbocycles. The number of hydrogen-bond acceptors (Lipinski definition) is 7. The van der Waals surface area contributed by atoms with Crippen LogP contribution in [0, 0.1) is 5.92 Å². The van der Waals surface area contributed by atoms with Gasteiger partial charge in [0, 0.05) is 5.56 Å². The minimum atomic E-state index is -0.763. The van der Waals surface area contributed by atoms with E-state index in [1.54, 1.807) is 7.11 Å². The summed E-state index contributed by atoms with van der Waals surface area (Å²) in [7, 11) is 1.61. The van der Waals surface area contributed by atoms with Crippen molar-refractivity contribution < 1.29 is 23.8 Å².